The predicted octanol–water partition coefficient (Wildman–Crippen LogP) is -0.172. The van der Waals surface area contributed by atoms with Crippen LogP contribution in [-0.2, 0) is 14.9 Å². The van der Waals surface area contributed by atoms with E-state index in [2.05, 4.69) is 21.6 Å². The molecule has 1 aromatic heterocycles. The topological polar surface area (TPSA) is 118 Å². The van der Waals surface area contributed by atoms with Crippen molar-refractivity contribution in [1.82, 2.24) is 9.71 Å². The van der Waals surface area contributed by atoms with Gasteiger partial charge in [0, 0.05) is 0 Å². The van der Waals surface area contributed by atoms with Crippen molar-refractivity contribution in [3.05, 3.63) is 23.9 Å². The summed E-state index contributed by atoms with van der Waals surface area (Å²) in [7, 11) is -4.13. The van der Waals surface area contributed by atoms with Gasteiger partial charge in [0.25, 0.3) is 0 Å². The molecule has 0 radical (unpaired) electrons. The minimum Gasteiger partial charge on any atom is -0.449 e. The number of anilines is 1. The van der Waals surface area contributed by atoms with Gasteiger partial charge in [0.1, 0.15) is 18.1 Å². The normalized spacial score (nSPS) is 10.1. The maximum Gasteiger partial charge on any atom is 0.422 e. The molecule has 20 heavy (non-hydrogen) atoms. The molecule has 8 nitrogen and oxygen atoms in total. The molecule has 1 amide bonds. The fourth-order valence-electron chi connectivity index (χ4n) is 1.12. The molecule has 3 N–H and O–H groups in total. The lowest BCUT2D eigenvalue weighted by Crippen LogP contribution is -2.35. The monoisotopic (exact) mass is 299 g/mol. The molecule has 1 heterocycles. The summed E-state index contributed by atoms with van der Waals surface area (Å²) < 4.78 is 31.3. The first kappa shape index (κ1) is 15.7. The fourth-order valence-corrected chi connectivity index (χ4v) is 1.84. The summed E-state index contributed by atoms with van der Waals surface area (Å²) in [5.74, 6) is 4.88. The number of amides is 1. The van der Waals surface area contributed by atoms with Crippen LogP contribution < -0.4 is 9.44 Å². The number of ether oxygens (including phenoxy) is 1. The van der Waals surface area contributed by atoms with E-state index in [1.165, 1.54) is 12.1 Å². The van der Waals surface area contributed by atoms with Gasteiger partial charge >= 0.3 is 16.3 Å². The Kier molecular flexibility index (Phi) is 5.76. The van der Waals surface area contributed by atoms with Crippen molar-refractivity contribution < 1.29 is 23.1 Å². The quantitative estimate of drug-likeness (QED) is 0.664. The molecule has 0 spiro atoms. The number of pyridine rings is 1. The van der Waals surface area contributed by atoms with Crippen molar-refractivity contribution in [3.8, 4) is 11.8 Å². The van der Waals surface area contributed by atoms with Gasteiger partial charge in [-0.15, -0.1) is 0 Å². The Labute approximate surface area is 116 Å². The molecule has 0 aliphatic heterocycles. The van der Waals surface area contributed by atoms with Crippen LogP contribution in [0.1, 0.15) is 12.6 Å². The van der Waals surface area contributed by atoms with Gasteiger partial charge in [-0.25, -0.2) is 14.5 Å². The number of rotatable bonds is 4. The van der Waals surface area contributed by atoms with E-state index in [-0.39, 0.29) is 24.7 Å². The zero-order chi connectivity index (χ0) is 15.0. The van der Waals surface area contributed by atoms with Crippen molar-refractivity contribution in [2.45, 2.75) is 6.92 Å². The molecule has 1 rings (SSSR count). The number of nitrogens with zero attached hydrogens (tertiary/aromatic N) is 1. The Hall–Kier alpha value is -2.31. The molecule has 0 aliphatic rings. The first-order valence-electron chi connectivity index (χ1n) is 5.51. The van der Waals surface area contributed by atoms with E-state index in [1.807, 2.05) is 4.72 Å². The zero-order valence-electron chi connectivity index (χ0n) is 10.6. The van der Waals surface area contributed by atoms with E-state index in [0.29, 0.717) is 0 Å². The van der Waals surface area contributed by atoms with Crippen molar-refractivity contribution in [2.24, 2.45) is 0 Å². The highest BCUT2D eigenvalue weighted by Crippen LogP contribution is 2.05. The summed E-state index contributed by atoms with van der Waals surface area (Å²) in [5.41, 5.74) is 0.274. The summed E-state index contributed by atoms with van der Waals surface area (Å²) in [5, 5.41) is 8.56. The molecular formula is C11H13N3O5S. The van der Waals surface area contributed by atoms with Crippen LogP contribution in [0.15, 0.2) is 18.2 Å². The lowest BCUT2D eigenvalue weighted by Gasteiger charge is -2.08. The van der Waals surface area contributed by atoms with Crippen molar-refractivity contribution in [1.29, 1.82) is 0 Å². The second-order valence-electron chi connectivity index (χ2n) is 3.30. The number of hydrogen-bond donors (Lipinski definition) is 3. The molecular weight excluding hydrogens is 286 g/mol. The molecule has 0 aliphatic carbocycles. The second kappa shape index (κ2) is 7.32. The molecule has 1 aromatic rings. The lowest BCUT2D eigenvalue weighted by molar-refractivity contribution is 0.159. The number of aliphatic hydroxyl groups excluding tert-OH is 1. The third-order valence-electron chi connectivity index (χ3n) is 1.78. The molecule has 0 atom stereocenters. The molecule has 0 saturated heterocycles. The van der Waals surface area contributed by atoms with Gasteiger partial charge in [0.2, 0.25) is 0 Å². The first-order chi connectivity index (χ1) is 9.46. The molecule has 0 aromatic carbocycles. The Morgan fingerprint density at radius 1 is 1.50 bits per heavy atom. The van der Waals surface area contributed by atoms with Crippen LogP contribution in [0.25, 0.3) is 0 Å². The van der Waals surface area contributed by atoms with Gasteiger partial charge in [-0.2, -0.15) is 8.42 Å². The molecule has 0 bridgehead atoms. The number of aromatic nitrogens is 1. The standard InChI is InChI=1S/C11H13N3O5S/c1-2-19-11(16)14-20(17,18)13-10-7-3-5-9(12-10)6-4-8-15/h3,5,7,15H,2,8H2,1H3,(H,12,13)(H,14,16). The summed E-state index contributed by atoms with van der Waals surface area (Å²) in [6.07, 6.45) is -1.09. The van der Waals surface area contributed by atoms with Crippen LogP contribution in [-0.4, -0.2) is 37.8 Å². The Bertz CT molecular complexity index is 633. The van der Waals surface area contributed by atoms with Crippen LogP contribution in [0, 0.1) is 11.8 Å². The Morgan fingerprint density at radius 3 is 2.90 bits per heavy atom. The van der Waals surface area contributed by atoms with E-state index in [0.717, 1.165) is 0 Å². The summed E-state index contributed by atoms with van der Waals surface area (Å²) in [6.45, 7) is 1.26. The van der Waals surface area contributed by atoms with Gasteiger partial charge in [-0.1, -0.05) is 12.0 Å². The van der Waals surface area contributed by atoms with Crippen LogP contribution in [0.5, 0.6) is 0 Å². The summed E-state index contributed by atoms with van der Waals surface area (Å²) in [6, 6.07) is 4.45. The summed E-state index contributed by atoms with van der Waals surface area (Å²) in [4.78, 5) is 14.9. The lowest BCUT2D eigenvalue weighted by atomic mass is 10.3. The molecule has 9 heteroatoms. The number of aliphatic hydroxyl groups is 1. The van der Waals surface area contributed by atoms with Crippen molar-refractivity contribution in [3.63, 3.8) is 0 Å². The SMILES string of the molecule is CCOC(=O)NS(=O)(=O)Nc1cccc(C#CCO)n1. The second-order valence-corrected chi connectivity index (χ2v) is 4.71. The highest BCUT2D eigenvalue weighted by Gasteiger charge is 2.15. The molecule has 0 unspecified atom stereocenters. The minimum absolute atomic E-state index is 0.0217. The van der Waals surface area contributed by atoms with Crippen LogP contribution >= 0.6 is 0 Å². The van der Waals surface area contributed by atoms with Crippen molar-refractivity contribution >= 4 is 22.1 Å². The number of hydrogen-bond acceptors (Lipinski definition) is 6. The highest BCUT2D eigenvalue weighted by molar-refractivity contribution is 7.91. The highest BCUT2D eigenvalue weighted by atomic mass is 32.2. The van der Waals surface area contributed by atoms with Crippen LogP contribution in [0.3, 0.4) is 0 Å². The zero-order valence-corrected chi connectivity index (χ0v) is 11.4. The van der Waals surface area contributed by atoms with Gasteiger partial charge < -0.3 is 9.84 Å². The van der Waals surface area contributed by atoms with Gasteiger partial charge in [-0.3, -0.25) is 4.72 Å². The fraction of sp³-hybridized carbons (Fsp3) is 0.273. The van der Waals surface area contributed by atoms with E-state index < -0.39 is 16.3 Å². The maximum absolute atomic E-state index is 11.6. The van der Waals surface area contributed by atoms with Crippen LogP contribution in [0.4, 0.5) is 10.6 Å². The maximum atomic E-state index is 11.6. The first-order valence-corrected chi connectivity index (χ1v) is 6.99. The minimum atomic E-state index is -4.13. The van der Waals surface area contributed by atoms with E-state index >= 15 is 0 Å². The number of carbonyl (C=O) groups excluding carboxylic acids is 1. The largest absolute Gasteiger partial charge is 0.449 e. The number of nitrogens with one attached hydrogen (secondary N) is 2. The Balaban J connectivity index is 2.79. The van der Waals surface area contributed by atoms with Gasteiger partial charge in [0.05, 0.1) is 6.61 Å². The van der Waals surface area contributed by atoms with Crippen molar-refractivity contribution in [2.75, 3.05) is 17.9 Å². The van der Waals surface area contributed by atoms with Gasteiger partial charge in [0.15, 0.2) is 0 Å². The van der Waals surface area contributed by atoms with Gasteiger partial charge in [-0.05, 0) is 25.0 Å². The Morgan fingerprint density at radius 2 is 2.25 bits per heavy atom. The predicted molar refractivity (Wildman–Crippen MR) is 70.9 cm³/mol. The van der Waals surface area contributed by atoms with E-state index in [1.54, 1.807) is 17.7 Å². The smallest absolute Gasteiger partial charge is 0.422 e. The summed E-state index contributed by atoms with van der Waals surface area (Å²) >= 11 is 0. The molecule has 108 valence electrons. The average Bonchev–Trinajstić information content (AvgIpc) is 2.35. The third-order valence-corrected chi connectivity index (χ3v) is 2.69. The molecule has 0 saturated carbocycles. The third kappa shape index (κ3) is 5.55. The van der Waals surface area contributed by atoms with Crippen LogP contribution in [0.2, 0.25) is 0 Å². The molecule has 0 fully saturated rings. The average molecular weight is 299 g/mol. The van der Waals surface area contributed by atoms with E-state index in [4.69, 9.17) is 5.11 Å². The number of carbonyl (C=O) groups is 1. The van der Waals surface area contributed by atoms with E-state index in [9.17, 15) is 13.2 Å².